The third-order valence-electron chi connectivity index (χ3n) is 5.37. The maximum Gasteiger partial charge on any atom is 0.223 e. The molecule has 1 amide bonds. The van der Waals surface area contributed by atoms with E-state index in [0.29, 0.717) is 36.0 Å². The first-order valence-electron chi connectivity index (χ1n) is 8.84. The first kappa shape index (κ1) is 16.1. The van der Waals surface area contributed by atoms with Crippen LogP contribution in [0.3, 0.4) is 0 Å². The number of likely N-dealkylation sites (tertiary alicyclic amines) is 1. The number of ether oxygens (including phenoxy) is 1. The van der Waals surface area contributed by atoms with Crippen molar-refractivity contribution in [2.75, 3.05) is 13.7 Å². The Morgan fingerprint density at radius 2 is 2.12 bits per heavy atom. The van der Waals surface area contributed by atoms with Crippen LogP contribution in [-0.2, 0) is 4.79 Å². The Bertz CT molecular complexity index is 783. The SMILES string of the molecule is COc1ccc(-c2cnc([C@@H]3CC(=O)N(C4CCCC4)C3)[nH]2)c(F)c1. The first-order chi connectivity index (χ1) is 12.2. The molecule has 0 radical (unpaired) electrons. The van der Waals surface area contributed by atoms with Gasteiger partial charge in [0, 0.05) is 36.6 Å². The molecule has 1 saturated heterocycles. The molecule has 0 bridgehead atoms. The molecule has 2 aromatic rings. The molecule has 132 valence electrons. The number of nitrogens with zero attached hydrogens (tertiary/aromatic N) is 2. The second-order valence-electron chi connectivity index (χ2n) is 6.91. The van der Waals surface area contributed by atoms with E-state index in [1.807, 2.05) is 4.90 Å². The predicted octanol–water partition coefficient (Wildman–Crippen LogP) is 3.48. The van der Waals surface area contributed by atoms with Gasteiger partial charge in [-0.2, -0.15) is 0 Å². The Hall–Kier alpha value is -2.37. The molecule has 5 nitrogen and oxygen atoms in total. The quantitative estimate of drug-likeness (QED) is 0.924. The van der Waals surface area contributed by atoms with Gasteiger partial charge >= 0.3 is 0 Å². The number of halogens is 1. The number of benzene rings is 1. The van der Waals surface area contributed by atoms with Crippen molar-refractivity contribution in [2.24, 2.45) is 0 Å². The van der Waals surface area contributed by atoms with Gasteiger partial charge in [-0.25, -0.2) is 9.37 Å². The number of aromatic nitrogens is 2. The Labute approximate surface area is 146 Å². The average molecular weight is 343 g/mol. The molecule has 6 heteroatoms. The van der Waals surface area contributed by atoms with E-state index in [1.54, 1.807) is 18.3 Å². The van der Waals surface area contributed by atoms with E-state index in [0.717, 1.165) is 18.7 Å². The Morgan fingerprint density at radius 3 is 2.84 bits per heavy atom. The summed E-state index contributed by atoms with van der Waals surface area (Å²) >= 11 is 0. The summed E-state index contributed by atoms with van der Waals surface area (Å²) in [6.45, 7) is 0.710. The molecule has 1 aromatic heterocycles. The fourth-order valence-electron chi connectivity index (χ4n) is 4.01. The van der Waals surface area contributed by atoms with Crippen molar-refractivity contribution in [1.82, 2.24) is 14.9 Å². The number of H-pyrrole nitrogens is 1. The number of aromatic amines is 1. The molecular weight excluding hydrogens is 321 g/mol. The normalized spacial score (nSPS) is 21.3. The van der Waals surface area contributed by atoms with E-state index in [4.69, 9.17) is 4.74 Å². The van der Waals surface area contributed by atoms with Crippen LogP contribution in [0, 0.1) is 5.82 Å². The number of rotatable bonds is 4. The summed E-state index contributed by atoms with van der Waals surface area (Å²) in [6.07, 6.45) is 6.76. The van der Waals surface area contributed by atoms with Crippen molar-refractivity contribution < 1.29 is 13.9 Å². The molecule has 0 unspecified atom stereocenters. The molecule has 1 aromatic carbocycles. The van der Waals surface area contributed by atoms with Crippen molar-refractivity contribution in [3.05, 3.63) is 36.0 Å². The minimum Gasteiger partial charge on any atom is -0.497 e. The van der Waals surface area contributed by atoms with Gasteiger partial charge in [-0.05, 0) is 25.0 Å². The van der Waals surface area contributed by atoms with Crippen molar-refractivity contribution >= 4 is 5.91 Å². The van der Waals surface area contributed by atoms with Gasteiger partial charge in [0.05, 0.1) is 19.0 Å². The zero-order valence-electron chi connectivity index (χ0n) is 14.3. The van der Waals surface area contributed by atoms with Crippen molar-refractivity contribution in [1.29, 1.82) is 0 Å². The van der Waals surface area contributed by atoms with E-state index < -0.39 is 0 Å². The van der Waals surface area contributed by atoms with Crippen LogP contribution < -0.4 is 4.74 Å². The highest BCUT2D eigenvalue weighted by molar-refractivity contribution is 5.80. The number of hydrogen-bond donors (Lipinski definition) is 1. The molecule has 1 aliphatic heterocycles. The zero-order valence-corrected chi connectivity index (χ0v) is 14.3. The van der Waals surface area contributed by atoms with Crippen LogP contribution in [-0.4, -0.2) is 40.5 Å². The maximum atomic E-state index is 14.2. The summed E-state index contributed by atoms with van der Waals surface area (Å²) in [5.74, 6) is 1.16. The largest absolute Gasteiger partial charge is 0.497 e. The number of nitrogens with one attached hydrogen (secondary N) is 1. The van der Waals surface area contributed by atoms with Crippen LogP contribution in [0.2, 0.25) is 0 Å². The molecule has 1 saturated carbocycles. The number of carbonyl (C=O) groups is 1. The Balaban J connectivity index is 1.53. The molecule has 2 heterocycles. The zero-order chi connectivity index (χ0) is 17.4. The fraction of sp³-hybridized carbons (Fsp3) is 0.474. The highest BCUT2D eigenvalue weighted by Crippen LogP contribution is 2.34. The van der Waals surface area contributed by atoms with Crippen LogP contribution in [0.1, 0.15) is 43.8 Å². The van der Waals surface area contributed by atoms with Gasteiger partial charge in [-0.1, -0.05) is 12.8 Å². The molecule has 25 heavy (non-hydrogen) atoms. The van der Waals surface area contributed by atoms with Crippen LogP contribution >= 0.6 is 0 Å². The highest BCUT2D eigenvalue weighted by atomic mass is 19.1. The second kappa shape index (κ2) is 6.50. The monoisotopic (exact) mass is 343 g/mol. The van der Waals surface area contributed by atoms with Crippen molar-refractivity contribution in [2.45, 2.75) is 44.1 Å². The molecule has 1 aliphatic carbocycles. The van der Waals surface area contributed by atoms with Gasteiger partial charge in [0.1, 0.15) is 17.4 Å². The molecule has 4 rings (SSSR count). The standard InChI is InChI=1S/C19H22FN3O2/c1-25-14-6-7-15(16(20)9-14)17-10-21-19(22-17)12-8-18(24)23(11-12)13-4-2-3-5-13/h6-7,9-10,12-13H,2-5,8,11H2,1H3,(H,21,22)/t12-/m1/s1. The minimum atomic E-state index is -0.357. The van der Waals surface area contributed by atoms with Gasteiger partial charge in [0.15, 0.2) is 0 Å². The smallest absolute Gasteiger partial charge is 0.223 e. The summed E-state index contributed by atoms with van der Waals surface area (Å²) in [5, 5.41) is 0. The first-order valence-corrected chi connectivity index (χ1v) is 8.84. The van der Waals surface area contributed by atoms with E-state index in [-0.39, 0.29) is 17.6 Å². The summed E-state index contributed by atoms with van der Waals surface area (Å²) in [7, 11) is 1.51. The van der Waals surface area contributed by atoms with Crippen molar-refractivity contribution in [3.8, 4) is 17.0 Å². The fourth-order valence-corrected chi connectivity index (χ4v) is 4.01. The molecule has 1 atom stereocenters. The highest BCUT2D eigenvalue weighted by Gasteiger charge is 2.37. The number of imidazole rings is 1. The van der Waals surface area contributed by atoms with E-state index in [2.05, 4.69) is 9.97 Å². The third kappa shape index (κ3) is 3.01. The Kier molecular flexibility index (Phi) is 4.19. The second-order valence-corrected chi connectivity index (χ2v) is 6.91. The number of amides is 1. The lowest BCUT2D eigenvalue weighted by Gasteiger charge is -2.23. The lowest BCUT2D eigenvalue weighted by molar-refractivity contribution is -0.129. The average Bonchev–Trinajstić information content (AvgIpc) is 3.34. The lowest BCUT2D eigenvalue weighted by atomic mass is 10.1. The van der Waals surface area contributed by atoms with Crippen LogP contribution in [0.25, 0.3) is 11.3 Å². The maximum absolute atomic E-state index is 14.2. The van der Waals surface area contributed by atoms with Gasteiger partial charge < -0.3 is 14.6 Å². The molecule has 1 N–H and O–H groups in total. The summed E-state index contributed by atoms with van der Waals surface area (Å²) < 4.78 is 19.3. The topological polar surface area (TPSA) is 58.2 Å². The summed E-state index contributed by atoms with van der Waals surface area (Å²) in [5.41, 5.74) is 1.08. The van der Waals surface area contributed by atoms with Crippen molar-refractivity contribution in [3.63, 3.8) is 0 Å². The van der Waals surface area contributed by atoms with E-state index >= 15 is 0 Å². The minimum absolute atomic E-state index is 0.0585. The molecule has 2 fully saturated rings. The lowest BCUT2D eigenvalue weighted by Crippen LogP contribution is -2.34. The van der Waals surface area contributed by atoms with Crippen LogP contribution in [0.15, 0.2) is 24.4 Å². The summed E-state index contributed by atoms with van der Waals surface area (Å²) in [4.78, 5) is 22.0. The predicted molar refractivity (Wildman–Crippen MR) is 91.9 cm³/mol. The Morgan fingerprint density at radius 1 is 1.32 bits per heavy atom. The van der Waals surface area contributed by atoms with Crippen LogP contribution in [0.5, 0.6) is 5.75 Å². The number of methoxy groups -OCH3 is 1. The molecule has 2 aliphatic rings. The van der Waals surface area contributed by atoms with Gasteiger partial charge in [-0.15, -0.1) is 0 Å². The van der Waals surface area contributed by atoms with Crippen LogP contribution in [0.4, 0.5) is 4.39 Å². The number of carbonyl (C=O) groups excluding carboxylic acids is 1. The van der Waals surface area contributed by atoms with E-state index in [9.17, 15) is 9.18 Å². The molecule has 0 spiro atoms. The van der Waals surface area contributed by atoms with Gasteiger partial charge in [0.2, 0.25) is 5.91 Å². The number of hydrogen-bond acceptors (Lipinski definition) is 3. The summed E-state index contributed by atoms with van der Waals surface area (Å²) in [6, 6.07) is 5.15. The van der Waals surface area contributed by atoms with E-state index in [1.165, 1.54) is 26.0 Å². The van der Waals surface area contributed by atoms with Gasteiger partial charge in [0.25, 0.3) is 0 Å². The third-order valence-corrected chi connectivity index (χ3v) is 5.37. The molecular formula is C19H22FN3O2. The van der Waals surface area contributed by atoms with Gasteiger partial charge in [-0.3, -0.25) is 4.79 Å².